The molecule has 0 radical (unpaired) electrons. The lowest BCUT2D eigenvalue weighted by molar-refractivity contribution is -0.134. The number of hydrogen-bond donors (Lipinski definition) is 1. The third-order valence-electron chi connectivity index (χ3n) is 1.84. The van der Waals surface area contributed by atoms with Gasteiger partial charge in [0.05, 0.1) is 13.1 Å². The highest BCUT2D eigenvalue weighted by molar-refractivity contribution is 5.86. The van der Waals surface area contributed by atoms with E-state index in [1.165, 1.54) is 11.0 Å². The molecule has 1 fully saturated rings. The van der Waals surface area contributed by atoms with Crippen LogP contribution in [0.3, 0.4) is 0 Å². The molecule has 1 amide bonds. The van der Waals surface area contributed by atoms with E-state index < -0.39 is 17.9 Å². The molecule has 0 aromatic heterocycles. The van der Waals surface area contributed by atoms with Crippen LogP contribution in [0.1, 0.15) is 0 Å². The molecule has 6 heteroatoms. The summed E-state index contributed by atoms with van der Waals surface area (Å²) in [6.07, 6.45) is 0.809. The minimum atomic E-state index is -1.61. The number of hydrogen-bond acceptors (Lipinski definition) is 3. The third-order valence-corrected chi connectivity index (χ3v) is 1.84. The summed E-state index contributed by atoms with van der Waals surface area (Å²) >= 11 is 0. The monoisotopic (exact) mass is 215 g/mol. The maximum absolute atomic E-state index is 12.7. The topological polar surface area (TPSA) is 66.8 Å². The lowest BCUT2D eigenvalue weighted by Gasteiger charge is -2.32. The number of aliphatic carboxylic acids is 1. The second kappa shape index (κ2) is 4.59. The molecule has 1 N–H and O–H groups in total. The van der Waals surface area contributed by atoms with E-state index in [0.717, 1.165) is 0 Å². The Hall–Kier alpha value is -1.85. The van der Waals surface area contributed by atoms with E-state index in [1.807, 2.05) is 0 Å². The Labute approximate surface area is 85.4 Å². The summed E-state index contributed by atoms with van der Waals surface area (Å²) in [6.45, 7) is 3.37. The summed E-state index contributed by atoms with van der Waals surface area (Å²) in [5, 5.41) is 8.30. The molecule has 1 aliphatic heterocycles. The molecule has 0 atom stereocenters. The van der Waals surface area contributed by atoms with Crippen molar-refractivity contribution in [3.05, 3.63) is 24.1 Å². The molecule has 0 aliphatic carbocycles. The Kier molecular flexibility index (Phi) is 3.43. The fourth-order valence-electron chi connectivity index (χ4n) is 1.06. The number of nitrogens with zero attached hydrogens (tertiary/aromatic N) is 1. The number of ether oxygens (including phenoxy) is 1. The standard InChI is InChI=1S/C9H10FNO4/c1-2-3-15-9(14)11-4-6(5-11)7(10)8(12)13/h2H,1,3-5H2,(H,12,13). The SMILES string of the molecule is C=CCOC(=O)N1CC(=C(F)C(=O)O)C1. The van der Waals surface area contributed by atoms with E-state index in [0.29, 0.717) is 0 Å². The Morgan fingerprint density at radius 2 is 2.20 bits per heavy atom. The first-order valence-electron chi connectivity index (χ1n) is 4.19. The van der Waals surface area contributed by atoms with Crippen LogP contribution < -0.4 is 0 Å². The molecule has 0 bridgehead atoms. The summed E-state index contributed by atoms with van der Waals surface area (Å²) in [5.41, 5.74) is 0.0954. The average molecular weight is 215 g/mol. The number of halogens is 1. The zero-order valence-electron chi connectivity index (χ0n) is 7.90. The Bertz CT molecular complexity index is 329. The minimum absolute atomic E-state index is 0.0336. The van der Waals surface area contributed by atoms with Gasteiger partial charge in [-0.15, -0.1) is 0 Å². The zero-order valence-corrected chi connectivity index (χ0v) is 7.90. The molecule has 1 saturated heterocycles. The van der Waals surface area contributed by atoms with Crippen LogP contribution in [0.4, 0.5) is 9.18 Å². The van der Waals surface area contributed by atoms with Crippen molar-refractivity contribution in [3.63, 3.8) is 0 Å². The first kappa shape index (κ1) is 11.2. The van der Waals surface area contributed by atoms with Crippen molar-refractivity contribution in [1.29, 1.82) is 0 Å². The summed E-state index contributed by atoms with van der Waals surface area (Å²) in [7, 11) is 0. The molecular weight excluding hydrogens is 205 g/mol. The number of amides is 1. The fraction of sp³-hybridized carbons (Fsp3) is 0.333. The predicted octanol–water partition coefficient (Wildman–Crippen LogP) is 0.933. The van der Waals surface area contributed by atoms with Gasteiger partial charge in [-0.1, -0.05) is 12.7 Å². The summed E-state index contributed by atoms with van der Waals surface area (Å²) in [6, 6.07) is 0. The van der Waals surface area contributed by atoms with Crippen LogP contribution in [0.5, 0.6) is 0 Å². The lowest BCUT2D eigenvalue weighted by Crippen LogP contribution is -2.45. The molecule has 0 saturated carbocycles. The number of carboxylic acid groups (broad SMARTS) is 1. The second-order valence-electron chi connectivity index (χ2n) is 2.94. The lowest BCUT2D eigenvalue weighted by atomic mass is 10.1. The average Bonchev–Trinajstić information content (AvgIpc) is 2.11. The largest absolute Gasteiger partial charge is 0.476 e. The van der Waals surface area contributed by atoms with Gasteiger partial charge in [0.15, 0.2) is 0 Å². The van der Waals surface area contributed by atoms with E-state index in [-0.39, 0.29) is 25.3 Å². The second-order valence-corrected chi connectivity index (χ2v) is 2.94. The molecule has 82 valence electrons. The minimum Gasteiger partial charge on any atom is -0.476 e. The molecule has 0 aromatic carbocycles. The van der Waals surface area contributed by atoms with Gasteiger partial charge in [-0.2, -0.15) is 4.39 Å². The Morgan fingerprint density at radius 3 is 2.67 bits per heavy atom. The van der Waals surface area contributed by atoms with Gasteiger partial charge >= 0.3 is 12.1 Å². The number of carbonyl (C=O) groups is 2. The van der Waals surface area contributed by atoms with Gasteiger partial charge in [0.25, 0.3) is 0 Å². The van der Waals surface area contributed by atoms with E-state index in [4.69, 9.17) is 5.11 Å². The highest BCUT2D eigenvalue weighted by atomic mass is 19.1. The molecule has 15 heavy (non-hydrogen) atoms. The van der Waals surface area contributed by atoms with Crippen molar-refractivity contribution >= 4 is 12.1 Å². The van der Waals surface area contributed by atoms with Crippen molar-refractivity contribution in [3.8, 4) is 0 Å². The summed E-state index contributed by atoms with van der Waals surface area (Å²) in [4.78, 5) is 22.5. The molecule has 0 spiro atoms. The maximum Gasteiger partial charge on any atom is 0.410 e. The Balaban J connectivity index is 2.43. The zero-order chi connectivity index (χ0) is 11.4. The molecule has 1 aliphatic rings. The van der Waals surface area contributed by atoms with Gasteiger partial charge < -0.3 is 9.84 Å². The quantitative estimate of drug-likeness (QED) is 0.561. The molecule has 1 rings (SSSR count). The van der Waals surface area contributed by atoms with Gasteiger partial charge in [-0.05, 0) is 0 Å². The highest BCUT2D eigenvalue weighted by Gasteiger charge is 2.31. The number of likely N-dealkylation sites (tertiary alicyclic amines) is 1. The van der Waals surface area contributed by atoms with E-state index in [1.54, 1.807) is 0 Å². The van der Waals surface area contributed by atoms with Crippen LogP contribution >= 0.6 is 0 Å². The van der Waals surface area contributed by atoms with Crippen molar-refractivity contribution in [2.75, 3.05) is 19.7 Å². The number of carboxylic acids is 1. The van der Waals surface area contributed by atoms with Gasteiger partial charge in [0.1, 0.15) is 6.61 Å². The predicted molar refractivity (Wildman–Crippen MR) is 48.9 cm³/mol. The fourth-order valence-corrected chi connectivity index (χ4v) is 1.06. The molecule has 0 unspecified atom stereocenters. The van der Waals surface area contributed by atoms with Crippen molar-refractivity contribution in [2.45, 2.75) is 0 Å². The van der Waals surface area contributed by atoms with Gasteiger partial charge in [-0.3, -0.25) is 4.90 Å². The van der Waals surface area contributed by atoms with Crippen molar-refractivity contribution in [1.82, 2.24) is 4.90 Å². The van der Waals surface area contributed by atoms with Crippen LogP contribution in [0.2, 0.25) is 0 Å². The van der Waals surface area contributed by atoms with E-state index in [2.05, 4.69) is 11.3 Å². The number of rotatable bonds is 3. The highest BCUT2D eigenvalue weighted by Crippen LogP contribution is 2.20. The van der Waals surface area contributed by atoms with Gasteiger partial charge in [-0.25, -0.2) is 9.59 Å². The van der Waals surface area contributed by atoms with Crippen LogP contribution in [-0.2, 0) is 9.53 Å². The first-order chi connectivity index (χ1) is 7.06. The van der Waals surface area contributed by atoms with Crippen LogP contribution in [0, 0.1) is 0 Å². The van der Waals surface area contributed by atoms with Crippen molar-refractivity contribution in [2.24, 2.45) is 0 Å². The Morgan fingerprint density at radius 1 is 1.60 bits per heavy atom. The third kappa shape index (κ3) is 2.55. The number of carbonyl (C=O) groups excluding carboxylic acids is 1. The first-order valence-corrected chi connectivity index (χ1v) is 4.19. The van der Waals surface area contributed by atoms with Gasteiger partial charge in [0.2, 0.25) is 5.83 Å². The van der Waals surface area contributed by atoms with Gasteiger partial charge in [0, 0.05) is 5.57 Å². The van der Waals surface area contributed by atoms with Crippen molar-refractivity contribution < 1.29 is 23.8 Å². The molecular formula is C9H10FNO4. The van der Waals surface area contributed by atoms with E-state index in [9.17, 15) is 14.0 Å². The van der Waals surface area contributed by atoms with Crippen LogP contribution in [0.25, 0.3) is 0 Å². The molecule has 1 heterocycles. The summed E-state index contributed by atoms with van der Waals surface area (Å²) < 4.78 is 17.4. The maximum atomic E-state index is 12.7. The van der Waals surface area contributed by atoms with Crippen LogP contribution in [0.15, 0.2) is 24.1 Å². The van der Waals surface area contributed by atoms with Crippen LogP contribution in [-0.4, -0.2) is 41.8 Å². The van der Waals surface area contributed by atoms with E-state index >= 15 is 0 Å². The molecule has 5 nitrogen and oxygen atoms in total. The molecule has 0 aromatic rings. The smallest absolute Gasteiger partial charge is 0.410 e. The normalized spacial score (nSPS) is 14.2. The summed E-state index contributed by atoms with van der Waals surface area (Å²) in [5.74, 6) is -2.80.